The monoisotopic (exact) mass is 256 g/mol. The molecule has 5 nitrogen and oxygen atoms in total. The Kier molecular flexibility index (Phi) is 4.78. The van der Waals surface area contributed by atoms with Crippen LogP contribution in [0.2, 0.25) is 5.02 Å². The molecular formula is C11H13ClN2O3. The van der Waals surface area contributed by atoms with Gasteiger partial charge in [0.1, 0.15) is 6.54 Å². The van der Waals surface area contributed by atoms with Gasteiger partial charge in [-0.3, -0.25) is 4.79 Å². The standard InChI is InChI=1S/C11H13ClN2O3/c1-7-3-4-8(5-9(7)12)14-11(16)13-6-10(15)17-2/h3-5H,6H2,1-2H3,(H2,13,14,16). The number of esters is 1. The third kappa shape index (κ3) is 4.32. The first-order valence-electron chi connectivity index (χ1n) is 4.90. The lowest BCUT2D eigenvalue weighted by atomic mass is 10.2. The number of amides is 2. The van der Waals surface area contributed by atoms with Crippen molar-refractivity contribution in [2.75, 3.05) is 19.0 Å². The summed E-state index contributed by atoms with van der Waals surface area (Å²) in [6.45, 7) is 1.69. The van der Waals surface area contributed by atoms with Gasteiger partial charge in [0, 0.05) is 10.7 Å². The van der Waals surface area contributed by atoms with Gasteiger partial charge in [0.2, 0.25) is 0 Å². The van der Waals surface area contributed by atoms with Gasteiger partial charge in [0.25, 0.3) is 0 Å². The third-order valence-corrected chi connectivity index (χ3v) is 2.46. The fourth-order valence-electron chi connectivity index (χ4n) is 1.07. The van der Waals surface area contributed by atoms with Gasteiger partial charge in [-0.25, -0.2) is 4.79 Å². The molecule has 0 atom stereocenters. The molecule has 1 aromatic carbocycles. The first-order chi connectivity index (χ1) is 8.02. The maximum Gasteiger partial charge on any atom is 0.325 e. The lowest BCUT2D eigenvalue weighted by Gasteiger charge is -2.07. The van der Waals surface area contributed by atoms with Crippen molar-refractivity contribution in [2.24, 2.45) is 0 Å². The molecule has 6 heteroatoms. The Hall–Kier alpha value is -1.75. The Morgan fingerprint density at radius 2 is 2.12 bits per heavy atom. The Bertz CT molecular complexity index is 435. The van der Waals surface area contributed by atoms with E-state index in [2.05, 4.69) is 15.4 Å². The maximum absolute atomic E-state index is 11.4. The molecule has 0 aromatic heterocycles. The summed E-state index contributed by atoms with van der Waals surface area (Å²) in [7, 11) is 1.25. The van der Waals surface area contributed by atoms with Crippen molar-refractivity contribution in [2.45, 2.75) is 6.92 Å². The minimum Gasteiger partial charge on any atom is -0.468 e. The first-order valence-corrected chi connectivity index (χ1v) is 5.28. The number of carbonyl (C=O) groups is 2. The number of methoxy groups -OCH3 is 1. The fraction of sp³-hybridized carbons (Fsp3) is 0.273. The van der Waals surface area contributed by atoms with E-state index in [4.69, 9.17) is 11.6 Å². The van der Waals surface area contributed by atoms with Crippen molar-refractivity contribution in [1.82, 2.24) is 5.32 Å². The molecule has 0 aliphatic heterocycles. The van der Waals surface area contributed by atoms with Crippen LogP contribution in [0.15, 0.2) is 18.2 Å². The van der Waals surface area contributed by atoms with Gasteiger partial charge in [-0.15, -0.1) is 0 Å². The molecule has 0 fully saturated rings. The zero-order valence-electron chi connectivity index (χ0n) is 9.54. The van der Waals surface area contributed by atoms with Crippen LogP contribution in [0.25, 0.3) is 0 Å². The van der Waals surface area contributed by atoms with E-state index in [1.165, 1.54) is 7.11 Å². The van der Waals surface area contributed by atoms with E-state index in [0.29, 0.717) is 10.7 Å². The lowest BCUT2D eigenvalue weighted by Crippen LogP contribution is -2.33. The molecule has 1 aromatic rings. The van der Waals surface area contributed by atoms with Gasteiger partial charge in [-0.1, -0.05) is 17.7 Å². The van der Waals surface area contributed by atoms with Crippen molar-refractivity contribution in [3.8, 4) is 0 Å². The Morgan fingerprint density at radius 3 is 2.71 bits per heavy atom. The van der Waals surface area contributed by atoms with E-state index in [1.54, 1.807) is 18.2 Å². The summed E-state index contributed by atoms with van der Waals surface area (Å²) in [5.74, 6) is -0.512. The number of nitrogens with one attached hydrogen (secondary N) is 2. The van der Waals surface area contributed by atoms with Crippen LogP contribution in [0.1, 0.15) is 5.56 Å². The highest BCUT2D eigenvalue weighted by atomic mass is 35.5. The highest BCUT2D eigenvalue weighted by Crippen LogP contribution is 2.19. The lowest BCUT2D eigenvalue weighted by molar-refractivity contribution is -0.139. The van der Waals surface area contributed by atoms with Crippen LogP contribution < -0.4 is 10.6 Å². The van der Waals surface area contributed by atoms with Crippen LogP contribution in [-0.2, 0) is 9.53 Å². The average Bonchev–Trinajstić information content (AvgIpc) is 2.31. The predicted octanol–water partition coefficient (Wildman–Crippen LogP) is 1.94. The second-order valence-electron chi connectivity index (χ2n) is 3.35. The van der Waals surface area contributed by atoms with E-state index in [9.17, 15) is 9.59 Å². The highest BCUT2D eigenvalue weighted by Gasteiger charge is 2.05. The number of anilines is 1. The molecule has 0 aliphatic rings. The van der Waals surface area contributed by atoms with Crippen molar-refractivity contribution < 1.29 is 14.3 Å². The second kappa shape index (κ2) is 6.10. The van der Waals surface area contributed by atoms with Crippen LogP contribution in [0, 0.1) is 6.92 Å². The summed E-state index contributed by atoms with van der Waals surface area (Å²) in [4.78, 5) is 22.1. The summed E-state index contributed by atoms with van der Waals surface area (Å²) < 4.78 is 4.38. The zero-order valence-corrected chi connectivity index (χ0v) is 10.3. The molecule has 0 aliphatic carbocycles. The number of benzene rings is 1. The molecule has 92 valence electrons. The summed E-state index contributed by atoms with van der Waals surface area (Å²) in [5, 5.41) is 5.46. The normalized spacial score (nSPS) is 9.59. The molecule has 0 bridgehead atoms. The third-order valence-electron chi connectivity index (χ3n) is 2.05. The van der Waals surface area contributed by atoms with Gasteiger partial charge in [0.15, 0.2) is 0 Å². The van der Waals surface area contributed by atoms with E-state index in [0.717, 1.165) is 5.56 Å². The Labute approximate surface area is 104 Å². The van der Waals surface area contributed by atoms with Crippen LogP contribution in [0.5, 0.6) is 0 Å². The molecular weight excluding hydrogens is 244 g/mol. The molecule has 2 N–H and O–H groups in total. The fourth-order valence-corrected chi connectivity index (χ4v) is 1.25. The summed E-state index contributed by atoms with van der Waals surface area (Å²) >= 11 is 5.90. The molecule has 0 saturated carbocycles. The minimum atomic E-state index is -0.512. The Morgan fingerprint density at radius 1 is 1.41 bits per heavy atom. The number of aryl methyl sites for hydroxylation is 1. The van der Waals surface area contributed by atoms with E-state index < -0.39 is 12.0 Å². The SMILES string of the molecule is COC(=O)CNC(=O)Nc1ccc(C)c(Cl)c1. The molecule has 0 saturated heterocycles. The van der Waals surface area contributed by atoms with Crippen molar-refractivity contribution in [1.29, 1.82) is 0 Å². The number of hydrogen-bond acceptors (Lipinski definition) is 3. The molecule has 0 unspecified atom stereocenters. The van der Waals surface area contributed by atoms with Crippen LogP contribution in [0.3, 0.4) is 0 Å². The first kappa shape index (κ1) is 13.3. The van der Waals surface area contributed by atoms with Crippen molar-refractivity contribution in [3.63, 3.8) is 0 Å². The number of rotatable bonds is 3. The average molecular weight is 257 g/mol. The summed E-state index contributed by atoms with van der Waals surface area (Å²) in [5.41, 5.74) is 1.48. The zero-order chi connectivity index (χ0) is 12.8. The highest BCUT2D eigenvalue weighted by molar-refractivity contribution is 6.31. The number of carbonyl (C=O) groups excluding carboxylic acids is 2. The Balaban J connectivity index is 2.50. The molecule has 2 amide bonds. The number of hydrogen-bond donors (Lipinski definition) is 2. The number of urea groups is 1. The summed E-state index contributed by atoms with van der Waals surface area (Å²) in [6, 6.07) is 4.65. The van der Waals surface area contributed by atoms with Gasteiger partial charge in [-0.2, -0.15) is 0 Å². The minimum absolute atomic E-state index is 0.179. The van der Waals surface area contributed by atoms with E-state index >= 15 is 0 Å². The van der Waals surface area contributed by atoms with Gasteiger partial charge >= 0.3 is 12.0 Å². The van der Waals surface area contributed by atoms with Crippen LogP contribution in [0.4, 0.5) is 10.5 Å². The predicted molar refractivity (Wildman–Crippen MR) is 65.2 cm³/mol. The van der Waals surface area contributed by atoms with Crippen LogP contribution in [-0.4, -0.2) is 25.7 Å². The summed E-state index contributed by atoms with van der Waals surface area (Å²) in [6.07, 6.45) is 0. The molecule has 0 radical (unpaired) electrons. The molecule has 0 spiro atoms. The van der Waals surface area contributed by atoms with Gasteiger partial charge < -0.3 is 15.4 Å². The quantitative estimate of drug-likeness (QED) is 0.812. The second-order valence-corrected chi connectivity index (χ2v) is 3.75. The number of halogens is 1. The van der Waals surface area contributed by atoms with Crippen LogP contribution >= 0.6 is 11.6 Å². The molecule has 17 heavy (non-hydrogen) atoms. The van der Waals surface area contributed by atoms with Gasteiger partial charge in [-0.05, 0) is 24.6 Å². The van der Waals surface area contributed by atoms with Crippen molar-refractivity contribution >= 4 is 29.3 Å². The number of ether oxygens (including phenoxy) is 1. The smallest absolute Gasteiger partial charge is 0.325 e. The van der Waals surface area contributed by atoms with Gasteiger partial charge in [0.05, 0.1) is 7.11 Å². The van der Waals surface area contributed by atoms with E-state index in [-0.39, 0.29) is 6.54 Å². The van der Waals surface area contributed by atoms with E-state index in [1.807, 2.05) is 6.92 Å². The molecule has 1 rings (SSSR count). The maximum atomic E-state index is 11.4. The van der Waals surface area contributed by atoms with Crippen molar-refractivity contribution in [3.05, 3.63) is 28.8 Å². The molecule has 0 heterocycles. The largest absolute Gasteiger partial charge is 0.468 e. The topological polar surface area (TPSA) is 67.4 Å².